The topological polar surface area (TPSA) is 50.8 Å². The number of pyridine rings is 1. The molecule has 0 aliphatic carbocycles. The van der Waals surface area contributed by atoms with Gasteiger partial charge in [0.2, 0.25) is 0 Å². The molecule has 0 aliphatic rings. The fourth-order valence-corrected chi connectivity index (χ4v) is 3.25. The van der Waals surface area contributed by atoms with E-state index in [9.17, 15) is 4.39 Å². The molecule has 0 saturated carbocycles. The van der Waals surface area contributed by atoms with Gasteiger partial charge in [0.15, 0.2) is 5.65 Å². The van der Waals surface area contributed by atoms with Crippen LogP contribution in [0.25, 0.3) is 22.6 Å². The predicted molar refractivity (Wildman–Crippen MR) is 109 cm³/mol. The zero-order valence-electron chi connectivity index (χ0n) is 15.9. The van der Waals surface area contributed by atoms with E-state index in [2.05, 4.69) is 28.8 Å². The number of fused-ring (bicyclic) bond motifs is 1. The van der Waals surface area contributed by atoms with Gasteiger partial charge in [-0.05, 0) is 54.3 Å². The van der Waals surface area contributed by atoms with Crippen molar-refractivity contribution in [2.24, 2.45) is 5.92 Å². The molecule has 2 aromatic carbocycles. The molecule has 0 saturated heterocycles. The lowest BCUT2D eigenvalue weighted by atomic mass is 9.97. The minimum absolute atomic E-state index is 0.196. The van der Waals surface area contributed by atoms with E-state index in [1.54, 1.807) is 18.3 Å². The molecule has 0 radical (unpaired) electrons. The van der Waals surface area contributed by atoms with Crippen molar-refractivity contribution in [2.75, 3.05) is 0 Å². The molecular formula is C23H22FN3O. The molecule has 4 nitrogen and oxygen atoms in total. The van der Waals surface area contributed by atoms with Crippen LogP contribution >= 0.6 is 0 Å². The minimum atomic E-state index is -0.253. The summed E-state index contributed by atoms with van der Waals surface area (Å²) in [6.45, 7) is 4.55. The van der Waals surface area contributed by atoms with E-state index >= 15 is 0 Å². The first kappa shape index (κ1) is 18.2. The Morgan fingerprint density at radius 3 is 2.68 bits per heavy atom. The largest absolute Gasteiger partial charge is 0.489 e. The third-order valence-corrected chi connectivity index (χ3v) is 4.57. The van der Waals surface area contributed by atoms with Gasteiger partial charge in [-0.25, -0.2) is 14.4 Å². The second kappa shape index (κ2) is 7.80. The highest BCUT2D eigenvalue weighted by Crippen LogP contribution is 2.29. The number of H-pyrrole nitrogens is 1. The molecule has 0 atom stereocenters. The van der Waals surface area contributed by atoms with Gasteiger partial charge in [0, 0.05) is 17.3 Å². The lowest BCUT2D eigenvalue weighted by Gasteiger charge is -2.13. The van der Waals surface area contributed by atoms with Crippen molar-refractivity contribution in [3.8, 4) is 17.1 Å². The van der Waals surface area contributed by atoms with Gasteiger partial charge >= 0.3 is 0 Å². The Morgan fingerprint density at radius 1 is 1.04 bits per heavy atom. The zero-order valence-corrected chi connectivity index (χ0v) is 15.9. The van der Waals surface area contributed by atoms with Crippen LogP contribution in [0.5, 0.6) is 5.75 Å². The minimum Gasteiger partial charge on any atom is -0.489 e. The summed E-state index contributed by atoms with van der Waals surface area (Å²) in [7, 11) is 0. The van der Waals surface area contributed by atoms with E-state index in [0.717, 1.165) is 34.6 Å². The molecule has 2 heterocycles. The first-order valence-corrected chi connectivity index (χ1v) is 9.40. The number of hydrogen-bond donors (Lipinski definition) is 1. The van der Waals surface area contributed by atoms with Crippen LogP contribution < -0.4 is 4.74 Å². The molecule has 5 heteroatoms. The molecule has 0 bridgehead atoms. The molecule has 1 N–H and O–H groups in total. The number of nitrogens with zero attached hydrogens (tertiary/aromatic N) is 2. The van der Waals surface area contributed by atoms with E-state index in [1.165, 1.54) is 6.07 Å². The van der Waals surface area contributed by atoms with Crippen LogP contribution in [0.1, 0.15) is 25.0 Å². The average Bonchev–Trinajstić information content (AvgIpc) is 3.11. The molecule has 4 aromatic rings. The van der Waals surface area contributed by atoms with Gasteiger partial charge in [0.25, 0.3) is 0 Å². The molecule has 0 fully saturated rings. The van der Waals surface area contributed by atoms with Crippen LogP contribution in [-0.2, 0) is 13.0 Å². The van der Waals surface area contributed by atoms with Gasteiger partial charge in [-0.15, -0.1) is 0 Å². The lowest BCUT2D eigenvalue weighted by molar-refractivity contribution is 0.299. The summed E-state index contributed by atoms with van der Waals surface area (Å²) in [5.41, 5.74) is 4.33. The highest BCUT2D eigenvalue weighted by molar-refractivity contribution is 5.76. The van der Waals surface area contributed by atoms with Crippen LogP contribution in [0.15, 0.2) is 60.8 Å². The average molecular weight is 375 g/mol. The summed E-state index contributed by atoms with van der Waals surface area (Å²) in [4.78, 5) is 12.3. The van der Waals surface area contributed by atoms with Crippen molar-refractivity contribution in [1.82, 2.24) is 15.0 Å². The van der Waals surface area contributed by atoms with Gasteiger partial charge < -0.3 is 9.72 Å². The van der Waals surface area contributed by atoms with Crippen LogP contribution in [0, 0.1) is 11.7 Å². The number of imidazole rings is 1. The Labute approximate surface area is 163 Å². The number of ether oxygens (including phenoxy) is 1. The summed E-state index contributed by atoms with van der Waals surface area (Å²) >= 11 is 0. The van der Waals surface area contributed by atoms with E-state index < -0.39 is 0 Å². The van der Waals surface area contributed by atoms with Gasteiger partial charge in [0.1, 0.15) is 24.0 Å². The Morgan fingerprint density at radius 2 is 1.89 bits per heavy atom. The highest BCUT2D eigenvalue weighted by Gasteiger charge is 2.13. The van der Waals surface area contributed by atoms with Crippen molar-refractivity contribution < 1.29 is 9.13 Å². The maximum Gasteiger partial charge on any atom is 0.178 e. The van der Waals surface area contributed by atoms with Gasteiger partial charge in [-0.3, -0.25) is 0 Å². The number of aromatic nitrogens is 3. The Bertz CT molecular complexity index is 1070. The summed E-state index contributed by atoms with van der Waals surface area (Å²) in [5.74, 6) is 1.74. The number of benzene rings is 2. The quantitative estimate of drug-likeness (QED) is 0.481. The molecular weight excluding hydrogens is 353 g/mol. The molecule has 28 heavy (non-hydrogen) atoms. The first-order valence-electron chi connectivity index (χ1n) is 9.40. The normalized spacial score (nSPS) is 11.3. The Balaban J connectivity index is 1.64. The van der Waals surface area contributed by atoms with Crippen molar-refractivity contribution in [3.05, 3.63) is 77.7 Å². The smallest absolute Gasteiger partial charge is 0.178 e. The molecule has 0 amide bonds. The zero-order chi connectivity index (χ0) is 19.5. The number of halogens is 1. The molecule has 0 spiro atoms. The lowest BCUT2D eigenvalue weighted by Crippen LogP contribution is -2.01. The predicted octanol–water partition coefficient (Wildman–Crippen LogP) is 5.54. The van der Waals surface area contributed by atoms with Gasteiger partial charge in [-0.2, -0.15) is 0 Å². The third-order valence-electron chi connectivity index (χ3n) is 4.57. The number of rotatable bonds is 6. The molecule has 0 unspecified atom stereocenters. The summed E-state index contributed by atoms with van der Waals surface area (Å²) < 4.78 is 19.7. The maximum atomic E-state index is 13.8. The van der Waals surface area contributed by atoms with Gasteiger partial charge in [-0.1, -0.05) is 32.0 Å². The monoisotopic (exact) mass is 375 g/mol. The standard InChI is InChI=1S/C23H22FN3O/c1-15(2)12-17-13-18(28-14-16-6-3-4-7-20(16)24)9-10-19(17)22-26-21-8-5-11-25-23(21)27-22/h3-11,13,15H,12,14H2,1-2H3,(H,25,26,27). The summed E-state index contributed by atoms with van der Waals surface area (Å²) in [6, 6.07) is 16.5. The summed E-state index contributed by atoms with van der Waals surface area (Å²) in [5, 5.41) is 0. The number of nitrogens with one attached hydrogen (secondary N) is 1. The maximum absolute atomic E-state index is 13.8. The molecule has 142 valence electrons. The Hall–Kier alpha value is -3.21. The van der Waals surface area contributed by atoms with Crippen LogP contribution in [-0.4, -0.2) is 15.0 Å². The third kappa shape index (κ3) is 3.88. The summed E-state index contributed by atoms with van der Waals surface area (Å²) in [6.07, 6.45) is 2.62. The van der Waals surface area contributed by atoms with Crippen molar-refractivity contribution in [1.29, 1.82) is 0 Å². The highest BCUT2D eigenvalue weighted by atomic mass is 19.1. The number of hydrogen-bond acceptors (Lipinski definition) is 3. The van der Waals surface area contributed by atoms with Crippen LogP contribution in [0.3, 0.4) is 0 Å². The molecule has 0 aliphatic heterocycles. The van der Waals surface area contributed by atoms with Crippen LogP contribution in [0.2, 0.25) is 0 Å². The van der Waals surface area contributed by atoms with E-state index in [1.807, 2.05) is 36.4 Å². The molecule has 2 aromatic heterocycles. The number of aromatic amines is 1. The van der Waals surface area contributed by atoms with Gasteiger partial charge in [0.05, 0.1) is 5.52 Å². The van der Waals surface area contributed by atoms with E-state index in [-0.39, 0.29) is 12.4 Å². The van der Waals surface area contributed by atoms with E-state index in [0.29, 0.717) is 17.1 Å². The van der Waals surface area contributed by atoms with Crippen molar-refractivity contribution in [3.63, 3.8) is 0 Å². The fraction of sp³-hybridized carbons (Fsp3) is 0.217. The van der Waals surface area contributed by atoms with Crippen LogP contribution in [0.4, 0.5) is 4.39 Å². The molecule has 4 rings (SSSR count). The van der Waals surface area contributed by atoms with E-state index in [4.69, 9.17) is 4.74 Å². The Kier molecular flexibility index (Phi) is 5.06. The second-order valence-corrected chi connectivity index (χ2v) is 7.26. The second-order valence-electron chi connectivity index (χ2n) is 7.26. The van der Waals surface area contributed by atoms with Crippen molar-refractivity contribution in [2.45, 2.75) is 26.9 Å². The fourth-order valence-electron chi connectivity index (χ4n) is 3.25. The first-order chi connectivity index (χ1) is 13.6. The SMILES string of the molecule is CC(C)Cc1cc(OCc2ccccc2F)ccc1-c1nc2ncccc2[nH]1. The van der Waals surface area contributed by atoms with Crippen molar-refractivity contribution >= 4 is 11.2 Å².